The van der Waals surface area contributed by atoms with E-state index in [9.17, 15) is 9.90 Å². The van der Waals surface area contributed by atoms with Crippen LogP contribution >= 0.6 is 22.9 Å². The van der Waals surface area contributed by atoms with Gasteiger partial charge < -0.3 is 10.2 Å². The monoisotopic (exact) mass is 424 g/mol. The lowest BCUT2D eigenvalue weighted by Crippen LogP contribution is -2.40. The number of hydrogen-bond donors (Lipinski definition) is 2. The molecule has 2 saturated carbocycles. The highest BCUT2D eigenvalue weighted by Crippen LogP contribution is 2.48. The molecule has 0 aliphatic heterocycles. The van der Waals surface area contributed by atoms with Crippen molar-refractivity contribution in [1.82, 2.24) is 0 Å². The first-order valence-electron chi connectivity index (χ1n) is 10.8. The summed E-state index contributed by atoms with van der Waals surface area (Å²) in [5.74, 6) is 0.153. The van der Waals surface area contributed by atoms with Crippen LogP contribution in [0.2, 0.25) is 0 Å². The molecule has 1 aromatic heterocycles. The highest BCUT2D eigenvalue weighted by Gasteiger charge is 2.41. The van der Waals surface area contributed by atoms with E-state index in [1.165, 1.54) is 17.8 Å². The molecule has 3 nitrogen and oxygen atoms in total. The largest absolute Gasteiger partial charge is 0.477 e. The maximum absolute atomic E-state index is 11.0. The molecule has 1 aromatic rings. The molecular formula is C23H33ClO3S. The van der Waals surface area contributed by atoms with Crippen LogP contribution in [0.25, 0.3) is 0 Å². The lowest BCUT2D eigenvalue weighted by Gasteiger charge is -2.45. The molecule has 0 radical (unpaired) electrons. The minimum atomic E-state index is -0.837. The van der Waals surface area contributed by atoms with Gasteiger partial charge in [-0.25, -0.2) is 4.79 Å². The number of carboxylic acid groups (broad SMARTS) is 1. The van der Waals surface area contributed by atoms with Crippen LogP contribution in [0, 0.1) is 17.3 Å². The summed E-state index contributed by atoms with van der Waals surface area (Å²) in [6.07, 6.45) is 15.0. The average Bonchev–Trinajstić information content (AvgIpc) is 3.23. The van der Waals surface area contributed by atoms with E-state index in [0.717, 1.165) is 62.7 Å². The molecule has 1 heterocycles. The van der Waals surface area contributed by atoms with Crippen molar-refractivity contribution >= 4 is 28.9 Å². The van der Waals surface area contributed by atoms with Gasteiger partial charge in [-0.1, -0.05) is 25.5 Å². The SMILES string of the molecule is CCC1(C(O)CC=C[C@@H]2[C@@H](CCCc3ccc(C(=O)O)s3)CC[C@H]2Cl)CCC1. The van der Waals surface area contributed by atoms with Crippen molar-refractivity contribution in [3.63, 3.8) is 0 Å². The van der Waals surface area contributed by atoms with Crippen LogP contribution in [0.5, 0.6) is 0 Å². The van der Waals surface area contributed by atoms with E-state index in [-0.39, 0.29) is 16.9 Å². The van der Waals surface area contributed by atoms with Gasteiger partial charge in [0, 0.05) is 10.3 Å². The van der Waals surface area contributed by atoms with Crippen molar-refractivity contribution < 1.29 is 15.0 Å². The molecule has 0 amide bonds. The smallest absolute Gasteiger partial charge is 0.345 e. The summed E-state index contributed by atoms with van der Waals surface area (Å²) in [7, 11) is 0. The zero-order chi connectivity index (χ0) is 20.1. The van der Waals surface area contributed by atoms with Gasteiger partial charge in [0.05, 0.1) is 6.10 Å². The first-order chi connectivity index (χ1) is 13.4. The van der Waals surface area contributed by atoms with E-state index < -0.39 is 5.97 Å². The van der Waals surface area contributed by atoms with Crippen molar-refractivity contribution in [3.8, 4) is 0 Å². The minimum Gasteiger partial charge on any atom is -0.477 e. The number of halogens is 1. The highest BCUT2D eigenvalue weighted by atomic mass is 35.5. The summed E-state index contributed by atoms with van der Waals surface area (Å²) in [5, 5.41) is 19.8. The number of carbonyl (C=O) groups is 1. The van der Waals surface area contributed by atoms with Crippen LogP contribution < -0.4 is 0 Å². The number of rotatable bonds is 10. The second kappa shape index (κ2) is 9.77. The summed E-state index contributed by atoms with van der Waals surface area (Å²) in [4.78, 5) is 12.6. The maximum Gasteiger partial charge on any atom is 0.345 e. The molecule has 0 spiro atoms. The topological polar surface area (TPSA) is 57.5 Å². The van der Waals surface area contributed by atoms with Gasteiger partial charge in [-0.2, -0.15) is 0 Å². The molecule has 28 heavy (non-hydrogen) atoms. The Morgan fingerprint density at radius 3 is 2.79 bits per heavy atom. The zero-order valence-electron chi connectivity index (χ0n) is 16.8. The second-order valence-corrected chi connectivity index (χ2v) is 10.4. The Balaban J connectivity index is 1.47. The molecule has 4 atom stereocenters. The molecular weight excluding hydrogens is 392 g/mol. The molecule has 2 aliphatic rings. The average molecular weight is 425 g/mol. The summed E-state index contributed by atoms with van der Waals surface area (Å²) in [5.41, 5.74) is 0.162. The third kappa shape index (κ3) is 5.01. The van der Waals surface area contributed by atoms with E-state index in [0.29, 0.717) is 16.7 Å². The molecule has 156 valence electrons. The van der Waals surface area contributed by atoms with E-state index in [4.69, 9.17) is 16.7 Å². The number of aliphatic hydroxyl groups is 1. The number of aliphatic hydroxyl groups excluding tert-OH is 1. The van der Waals surface area contributed by atoms with Crippen LogP contribution in [-0.4, -0.2) is 27.7 Å². The fourth-order valence-electron chi connectivity index (χ4n) is 5.00. The molecule has 5 heteroatoms. The first kappa shape index (κ1) is 21.9. The quantitative estimate of drug-likeness (QED) is 0.342. The third-order valence-electron chi connectivity index (χ3n) is 7.12. The number of allylic oxidation sites excluding steroid dienone is 1. The molecule has 0 saturated heterocycles. The Morgan fingerprint density at radius 2 is 2.18 bits per heavy atom. The predicted octanol–water partition coefficient (Wildman–Crippen LogP) is 6.29. The van der Waals surface area contributed by atoms with Crippen LogP contribution in [0.4, 0.5) is 0 Å². The van der Waals surface area contributed by atoms with E-state index >= 15 is 0 Å². The van der Waals surface area contributed by atoms with E-state index in [1.807, 2.05) is 6.07 Å². The fourth-order valence-corrected chi connectivity index (χ4v) is 6.31. The Kier molecular flexibility index (Phi) is 7.63. The number of carboxylic acids is 1. The van der Waals surface area contributed by atoms with Crippen LogP contribution in [0.3, 0.4) is 0 Å². The Hall–Kier alpha value is -0.840. The molecule has 0 aromatic carbocycles. The van der Waals surface area contributed by atoms with Crippen molar-refractivity contribution in [3.05, 3.63) is 34.0 Å². The van der Waals surface area contributed by atoms with Gasteiger partial charge in [0.15, 0.2) is 0 Å². The molecule has 2 aliphatic carbocycles. The van der Waals surface area contributed by atoms with Gasteiger partial charge >= 0.3 is 5.97 Å². The van der Waals surface area contributed by atoms with Gasteiger partial charge in [-0.3, -0.25) is 0 Å². The molecule has 2 fully saturated rings. The van der Waals surface area contributed by atoms with Crippen LogP contribution in [0.15, 0.2) is 24.3 Å². The molecule has 0 bridgehead atoms. The first-order valence-corrected chi connectivity index (χ1v) is 12.0. The summed E-state index contributed by atoms with van der Waals surface area (Å²) in [6, 6.07) is 3.64. The number of aromatic carboxylic acids is 1. The lowest BCUT2D eigenvalue weighted by molar-refractivity contribution is -0.0355. The van der Waals surface area contributed by atoms with Gasteiger partial charge in [0.25, 0.3) is 0 Å². The van der Waals surface area contributed by atoms with Crippen molar-refractivity contribution in [1.29, 1.82) is 0 Å². The number of thiophene rings is 1. The fraction of sp³-hybridized carbons (Fsp3) is 0.696. The van der Waals surface area contributed by atoms with Crippen LogP contribution in [0.1, 0.15) is 79.3 Å². The normalized spacial score (nSPS) is 27.8. The Bertz CT molecular complexity index is 674. The third-order valence-corrected chi connectivity index (χ3v) is 8.77. The number of aryl methyl sites for hydroxylation is 1. The van der Waals surface area contributed by atoms with Crippen LogP contribution in [-0.2, 0) is 6.42 Å². The summed E-state index contributed by atoms with van der Waals surface area (Å²) < 4.78 is 0. The van der Waals surface area contributed by atoms with Gasteiger partial charge in [-0.05, 0) is 87.2 Å². The van der Waals surface area contributed by atoms with Crippen molar-refractivity contribution in [2.75, 3.05) is 0 Å². The molecule has 1 unspecified atom stereocenters. The van der Waals surface area contributed by atoms with Gasteiger partial charge in [-0.15, -0.1) is 22.9 Å². The van der Waals surface area contributed by atoms with E-state index in [1.54, 1.807) is 6.07 Å². The Morgan fingerprint density at radius 1 is 1.39 bits per heavy atom. The molecule has 2 N–H and O–H groups in total. The Labute approximate surface area is 177 Å². The minimum absolute atomic E-state index is 0.162. The predicted molar refractivity (Wildman–Crippen MR) is 116 cm³/mol. The van der Waals surface area contributed by atoms with Gasteiger partial charge in [0.2, 0.25) is 0 Å². The van der Waals surface area contributed by atoms with E-state index in [2.05, 4.69) is 19.1 Å². The highest BCUT2D eigenvalue weighted by molar-refractivity contribution is 7.13. The molecule has 3 rings (SSSR count). The summed E-state index contributed by atoms with van der Waals surface area (Å²) >= 11 is 7.99. The summed E-state index contributed by atoms with van der Waals surface area (Å²) in [6.45, 7) is 2.20. The van der Waals surface area contributed by atoms with Crippen molar-refractivity contribution in [2.45, 2.75) is 82.6 Å². The standard InChI is InChI=1S/C23H33ClO3S/c1-2-23(14-5-15-23)21(25)9-4-8-18-16(10-12-19(18)24)6-3-7-17-11-13-20(28-17)22(26)27/h4,8,11,13,16,18-19,21,25H,2-3,5-7,9-10,12,14-15H2,1H3,(H,26,27)/t16-,18+,19+,21?/m0/s1. The maximum atomic E-state index is 11.0. The number of alkyl halides is 1. The lowest BCUT2D eigenvalue weighted by atomic mass is 9.63. The van der Waals surface area contributed by atoms with Gasteiger partial charge in [0.1, 0.15) is 4.88 Å². The zero-order valence-corrected chi connectivity index (χ0v) is 18.4. The number of hydrogen-bond acceptors (Lipinski definition) is 3. The van der Waals surface area contributed by atoms with Crippen molar-refractivity contribution in [2.24, 2.45) is 17.3 Å². The second-order valence-electron chi connectivity index (χ2n) is 8.64.